The van der Waals surface area contributed by atoms with E-state index in [4.69, 9.17) is 4.74 Å². The molecule has 3 aliphatic rings. The van der Waals surface area contributed by atoms with E-state index in [-0.39, 0.29) is 12.1 Å². The van der Waals surface area contributed by atoms with E-state index in [1.54, 1.807) is 12.4 Å². The Balaban J connectivity index is 1.39. The Morgan fingerprint density at radius 3 is 2.50 bits per heavy atom. The fourth-order valence-corrected chi connectivity index (χ4v) is 4.31. The van der Waals surface area contributed by atoms with Gasteiger partial charge in [0.2, 0.25) is 0 Å². The van der Waals surface area contributed by atoms with Crippen LogP contribution in [-0.4, -0.2) is 77.1 Å². The maximum Gasteiger partial charge on any atom is 0.320 e. The number of carbonyl (C=O) groups excluding carboxylic acids is 1. The molecule has 1 aromatic rings. The number of fused-ring (bicyclic) bond motifs is 2. The molecule has 1 aromatic heterocycles. The van der Waals surface area contributed by atoms with Crippen LogP contribution in [0.15, 0.2) is 24.5 Å². The first-order chi connectivity index (χ1) is 11.7. The molecule has 2 atom stereocenters. The Kier molecular flexibility index (Phi) is 4.31. The third-order valence-electron chi connectivity index (χ3n) is 5.62. The number of rotatable bonds is 2. The van der Waals surface area contributed by atoms with E-state index in [0.717, 1.165) is 57.6 Å². The third-order valence-corrected chi connectivity index (χ3v) is 5.62. The molecule has 2 amide bonds. The smallest absolute Gasteiger partial charge is 0.320 e. The van der Waals surface area contributed by atoms with E-state index in [1.807, 2.05) is 17.0 Å². The Morgan fingerprint density at radius 2 is 1.88 bits per heavy atom. The monoisotopic (exact) mass is 330 g/mol. The second-order valence-corrected chi connectivity index (χ2v) is 7.27. The van der Waals surface area contributed by atoms with E-state index in [9.17, 15) is 4.79 Å². The lowest BCUT2D eigenvalue weighted by Crippen LogP contribution is -2.57. The summed E-state index contributed by atoms with van der Waals surface area (Å²) in [6, 6.07) is 4.76. The van der Waals surface area contributed by atoms with E-state index < -0.39 is 0 Å². The van der Waals surface area contributed by atoms with Crippen molar-refractivity contribution in [3.8, 4) is 5.75 Å². The van der Waals surface area contributed by atoms with Crippen LogP contribution in [0.3, 0.4) is 0 Å². The molecule has 24 heavy (non-hydrogen) atoms. The second-order valence-electron chi connectivity index (χ2n) is 7.27. The molecule has 6 nitrogen and oxygen atoms in total. The van der Waals surface area contributed by atoms with Gasteiger partial charge in [-0.05, 0) is 32.0 Å². The first kappa shape index (κ1) is 15.7. The number of urea groups is 1. The Morgan fingerprint density at radius 1 is 1.17 bits per heavy atom. The molecule has 0 spiro atoms. The highest BCUT2D eigenvalue weighted by atomic mass is 16.5. The van der Waals surface area contributed by atoms with E-state index in [1.165, 1.54) is 0 Å². The highest BCUT2D eigenvalue weighted by Gasteiger charge is 2.45. The summed E-state index contributed by atoms with van der Waals surface area (Å²) in [5.41, 5.74) is 0. The fraction of sp³-hybridized carbons (Fsp3) is 0.667. The summed E-state index contributed by atoms with van der Waals surface area (Å²) in [5, 5.41) is 0. The number of nitrogens with zero attached hydrogens (tertiary/aromatic N) is 4. The number of pyridine rings is 1. The normalized spacial score (nSPS) is 30.5. The van der Waals surface area contributed by atoms with E-state index >= 15 is 0 Å². The largest absolute Gasteiger partial charge is 0.489 e. The molecular weight excluding hydrogens is 304 g/mol. The molecule has 2 bridgehead atoms. The number of hydrogen-bond donors (Lipinski definition) is 0. The highest BCUT2D eigenvalue weighted by Crippen LogP contribution is 2.38. The van der Waals surface area contributed by atoms with Gasteiger partial charge >= 0.3 is 6.03 Å². The van der Waals surface area contributed by atoms with Crippen molar-refractivity contribution in [3.05, 3.63) is 24.5 Å². The van der Waals surface area contributed by atoms with Crippen LogP contribution in [0.2, 0.25) is 0 Å². The zero-order chi connectivity index (χ0) is 16.5. The van der Waals surface area contributed by atoms with Crippen molar-refractivity contribution < 1.29 is 9.53 Å². The molecule has 4 rings (SSSR count). The van der Waals surface area contributed by atoms with Gasteiger partial charge in [0, 0.05) is 57.3 Å². The highest BCUT2D eigenvalue weighted by molar-refractivity contribution is 5.76. The zero-order valence-corrected chi connectivity index (χ0v) is 14.3. The lowest BCUT2D eigenvalue weighted by Gasteiger charge is -2.43. The molecule has 0 aliphatic carbocycles. The summed E-state index contributed by atoms with van der Waals surface area (Å²) in [6.45, 7) is 3.64. The van der Waals surface area contributed by atoms with Crippen LogP contribution in [-0.2, 0) is 0 Å². The van der Waals surface area contributed by atoms with Gasteiger partial charge < -0.3 is 19.4 Å². The van der Waals surface area contributed by atoms with Gasteiger partial charge in [-0.1, -0.05) is 0 Å². The number of ether oxygens (including phenoxy) is 1. The molecule has 2 unspecified atom stereocenters. The molecule has 6 heteroatoms. The lowest BCUT2D eigenvalue weighted by atomic mass is 10.00. The standard InChI is InChI=1S/C18H26N4O2/c1-20-7-9-21(10-8-20)18(23)22-14-4-5-15(22)12-17(11-14)24-16-3-2-6-19-13-16/h2-3,6,13-15,17H,4-5,7-12H2,1H3. The van der Waals surface area contributed by atoms with Gasteiger partial charge in [-0.3, -0.25) is 4.98 Å². The van der Waals surface area contributed by atoms with Crippen LogP contribution in [0.25, 0.3) is 0 Å². The second kappa shape index (κ2) is 6.59. The zero-order valence-electron chi connectivity index (χ0n) is 14.3. The van der Waals surface area contributed by atoms with Crippen molar-refractivity contribution >= 4 is 6.03 Å². The average molecular weight is 330 g/mol. The summed E-state index contributed by atoms with van der Waals surface area (Å²) in [7, 11) is 2.12. The van der Waals surface area contributed by atoms with Gasteiger partial charge in [0.1, 0.15) is 11.9 Å². The van der Waals surface area contributed by atoms with Crippen LogP contribution >= 0.6 is 0 Å². The van der Waals surface area contributed by atoms with Crippen molar-refractivity contribution in [1.82, 2.24) is 19.7 Å². The predicted octanol–water partition coefficient (Wildman–Crippen LogP) is 1.82. The molecule has 3 saturated heterocycles. The van der Waals surface area contributed by atoms with Gasteiger partial charge in [-0.15, -0.1) is 0 Å². The van der Waals surface area contributed by atoms with Gasteiger partial charge in [-0.25, -0.2) is 4.79 Å². The predicted molar refractivity (Wildman–Crippen MR) is 91.0 cm³/mol. The first-order valence-corrected chi connectivity index (χ1v) is 9.03. The minimum atomic E-state index is 0.197. The number of carbonyl (C=O) groups is 1. The Bertz CT molecular complexity index is 560. The van der Waals surface area contributed by atoms with Crippen LogP contribution in [0.4, 0.5) is 4.79 Å². The van der Waals surface area contributed by atoms with Crippen molar-refractivity contribution in [1.29, 1.82) is 0 Å². The molecule has 0 radical (unpaired) electrons. The minimum absolute atomic E-state index is 0.197. The van der Waals surface area contributed by atoms with Gasteiger partial charge in [0.15, 0.2) is 0 Å². The van der Waals surface area contributed by atoms with Gasteiger partial charge in [-0.2, -0.15) is 0 Å². The number of piperidine rings is 1. The first-order valence-electron chi connectivity index (χ1n) is 9.03. The number of aromatic nitrogens is 1. The molecule has 0 aromatic carbocycles. The number of amides is 2. The van der Waals surface area contributed by atoms with Crippen LogP contribution in [0, 0.1) is 0 Å². The van der Waals surface area contributed by atoms with Crippen molar-refractivity contribution in [2.75, 3.05) is 33.2 Å². The van der Waals surface area contributed by atoms with Crippen LogP contribution in [0.1, 0.15) is 25.7 Å². The molecule has 3 fully saturated rings. The summed E-state index contributed by atoms with van der Waals surface area (Å²) >= 11 is 0. The molecule has 130 valence electrons. The SMILES string of the molecule is CN1CCN(C(=O)N2C3CCC2CC(Oc2cccnc2)C3)CC1. The summed E-state index contributed by atoms with van der Waals surface area (Å²) < 4.78 is 6.10. The third kappa shape index (κ3) is 3.07. The minimum Gasteiger partial charge on any atom is -0.489 e. The van der Waals surface area contributed by atoms with Gasteiger partial charge in [0.25, 0.3) is 0 Å². The molecular formula is C18H26N4O2. The summed E-state index contributed by atoms with van der Waals surface area (Å²) in [5.74, 6) is 0.834. The van der Waals surface area contributed by atoms with Gasteiger partial charge in [0.05, 0.1) is 6.20 Å². The molecule has 0 saturated carbocycles. The van der Waals surface area contributed by atoms with Crippen molar-refractivity contribution in [2.45, 2.75) is 43.9 Å². The summed E-state index contributed by atoms with van der Waals surface area (Å²) in [6.07, 6.45) is 7.81. The van der Waals surface area contributed by atoms with Crippen LogP contribution < -0.4 is 4.74 Å². The van der Waals surface area contributed by atoms with E-state index in [2.05, 4.69) is 21.8 Å². The Hall–Kier alpha value is -1.82. The van der Waals surface area contributed by atoms with Crippen molar-refractivity contribution in [2.24, 2.45) is 0 Å². The number of piperazine rings is 1. The fourth-order valence-electron chi connectivity index (χ4n) is 4.31. The Labute approximate surface area is 143 Å². The summed E-state index contributed by atoms with van der Waals surface area (Å²) in [4.78, 5) is 23.6. The average Bonchev–Trinajstić information content (AvgIpc) is 2.87. The number of hydrogen-bond acceptors (Lipinski definition) is 4. The molecule has 0 N–H and O–H groups in total. The van der Waals surface area contributed by atoms with E-state index in [0.29, 0.717) is 12.1 Å². The maximum atomic E-state index is 13.0. The van der Waals surface area contributed by atoms with Crippen LogP contribution in [0.5, 0.6) is 5.75 Å². The quantitative estimate of drug-likeness (QED) is 0.830. The topological polar surface area (TPSA) is 48.9 Å². The maximum absolute atomic E-state index is 13.0. The number of likely N-dealkylation sites (N-methyl/N-ethyl adjacent to an activating group) is 1. The molecule has 3 aliphatic heterocycles. The molecule has 4 heterocycles. The lowest BCUT2D eigenvalue weighted by molar-refractivity contribution is 0.0482. The van der Waals surface area contributed by atoms with Crippen molar-refractivity contribution in [3.63, 3.8) is 0 Å².